The number of rotatable bonds is 20. The lowest BCUT2D eigenvalue weighted by atomic mass is 10.0. The Bertz CT molecular complexity index is 1340. The summed E-state index contributed by atoms with van der Waals surface area (Å²) < 4.78 is 25.1. The van der Waals surface area contributed by atoms with Crippen LogP contribution in [0.25, 0.3) is 24.3 Å². The van der Waals surface area contributed by atoms with Gasteiger partial charge in [0.15, 0.2) is 0 Å². The average molecular weight is 655 g/mol. The third-order valence-corrected chi connectivity index (χ3v) is 9.34. The van der Waals surface area contributed by atoms with E-state index >= 15 is 0 Å². The van der Waals surface area contributed by atoms with E-state index < -0.39 is 0 Å². The summed E-state index contributed by atoms with van der Waals surface area (Å²) in [6.07, 6.45) is 12.9. The second-order valence-electron chi connectivity index (χ2n) is 13.9. The van der Waals surface area contributed by atoms with Crippen molar-refractivity contribution in [3.05, 3.63) is 81.9 Å². The van der Waals surface area contributed by atoms with Gasteiger partial charge in [0.05, 0.1) is 26.4 Å². The quantitative estimate of drug-likeness (QED) is 0.114. The van der Waals surface area contributed by atoms with Gasteiger partial charge in [-0.1, -0.05) is 130 Å². The van der Waals surface area contributed by atoms with E-state index in [-0.39, 0.29) is 0 Å². The maximum atomic E-state index is 6.31. The summed E-state index contributed by atoms with van der Waals surface area (Å²) in [5.41, 5.74) is 6.50. The fourth-order valence-corrected chi connectivity index (χ4v) is 4.67. The Morgan fingerprint density at radius 1 is 0.438 bits per heavy atom. The van der Waals surface area contributed by atoms with Crippen LogP contribution in [-0.4, -0.2) is 26.4 Å². The molecule has 3 aromatic carbocycles. The Morgan fingerprint density at radius 2 is 0.729 bits per heavy atom. The molecule has 48 heavy (non-hydrogen) atoms. The fraction of sp³-hybridized carbons (Fsp3) is 0.500. The Labute approximate surface area is 292 Å². The number of hydrogen-bond acceptors (Lipinski definition) is 4. The molecule has 0 saturated carbocycles. The standard InChI is InChI=1S/C44H62O4/c1-11-31(5)27-45-41-25-39(43(23-35(41)9)47-29-33(7)13-3)21-19-37-15-17-38(18-16-37)20-22-40-26-42(46-28-32(6)12-2)36(10)24-44(40)48-30-34(8)14-4/h15-26,31-34H,11-14,27-30H2,1-10H3/b21-19+,22-20+/t31-,32-,33-,34-/m0/s1. The molecule has 0 amide bonds. The first kappa shape index (κ1) is 38.8. The topological polar surface area (TPSA) is 36.9 Å². The van der Waals surface area contributed by atoms with Crippen LogP contribution >= 0.6 is 0 Å². The fourth-order valence-electron chi connectivity index (χ4n) is 4.67. The number of ether oxygens (including phenoxy) is 4. The molecule has 262 valence electrons. The summed E-state index contributed by atoms with van der Waals surface area (Å²) in [6, 6.07) is 17.1. The molecule has 0 N–H and O–H groups in total. The van der Waals surface area contributed by atoms with E-state index in [1.165, 1.54) is 0 Å². The van der Waals surface area contributed by atoms with Crippen LogP contribution in [0.15, 0.2) is 48.5 Å². The highest BCUT2D eigenvalue weighted by molar-refractivity contribution is 5.76. The summed E-state index contributed by atoms with van der Waals surface area (Å²) in [5, 5.41) is 0. The van der Waals surface area contributed by atoms with Crippen LogP contribution in [0.3, 0.4) is 0 Å². The number of benzene rings is 3. The molecule has 0 aliphatic carbocycles. The molecule has 4 nitrogen and oxygen atoms in total. The van der Waals surface area contributed by atoms with E-state index in [2.05, 4.69) is 142 Å². The maximum absolute atomic E-state index is 6.31. The van der Waals surface area contributed by atoms with E-state index in [0.29, 0.717) is 50.1 Å². The van der Waals surface area contributed by atoms with Crippen LogP contribution in [0.2, 0.25) is 0 Å². The lowest BCUT2D eigenvalue weighted by Gasteiger charge is -2.18. The van der Waals surface area contributed by atoms with Gasteiger partial charge in [-0.2, -0.15) is 0 Å². The summed E-state index contributed by atoms with van der Waals surface area (Å²) in [7, 11) is 0. The van der Waals surface area contributed by atoms with Gasteiger partial charge in [-0.05, 0) is 84.0 Å². The number of aryl methyl sites for hydroxylation is 2. The van der Waals surface area contributed by atoms with Crippen molar-refractivity contribution in [2.24, 2.45) is 23.7 Å². The van der Waals surface area contributed by atoms with Crippen LogP contribution in [0.1, 0.15) is 114 Å². The predicted octanol–water partition coefficient (Wildman–Crippen LogP) is 12.3. The second kappa shape index (κ2) is 20.0. The van der Waals surface area contributed by atoms with Crippen LogP contribution in [0.5, 0.6) is 23.0 Å². The first-order chi connectivity index (χ1) is 23.1. The zero-order chi connectivity index (χ0) is 35.1. The van der Waals surface area contributed by atoms with Crippen molar-refractivity contribution in [3.8, 4) is 23.0 Å². The van der Waals surface area contributed by atoms with Crippen molar-refractivity contribution in [1.29, 1.82) is 0 Å². The molecule has 4 heteroatoms. The van der Waals surface area contributed by atoms with E-state index in [9.17, 15) is 0 Å². The van der Waals surface area contributed by atoms with Crippen molar-refractivity contribution < 1.29 is 18.9 Å². The summed E-state index contributed by atoms with van der Waals surface area (Å²) in [6.45, 7) is 24.7. The van der Waals surface area contributed by atoms with Gasteiger partial charge in [-0.3, -0.25) is 0 Å². The van der Waals surface area contributed by atoms with Crippen molar-refractivity contribution in [2.45, 2.75) is 94.9 Å². The Morgan fingerprint density at radius 3 is 1.02 bits per heavy atom. The lowest BCUT2D eigenvalue weighted by Crippen LogP contribution is -2.10. The monoisotopic (exact) mass is 654 g/mol. The van der Waals surface area contributed by atoms with Crippen LogP contribution in [0.4, 0.5) is 0 Å². The molecule has 0 saturated heterocycles. The van der Waals surface area contributed by atoms with E-state index in [1.807, 2.05) is 0 Å². The van der Waals surface area contributed by atoms with Crippen molar-refractivity contribution >= 4 is 24.3 Å². The molecule has 0 heterocycles. The van der Waals surface area contributed by atoms with Gasteiger partial charge in [0, 0.05) is 11.1 Å². The molecule has 0 spiro atoms. The van der Waals surface area contributed by atoms with E-state index in [1.54, 1.807) is 0 Å². The van der Waals surface area contributed by atoms with Crippen molar-refractivity contribution in [1.82, 2.24) is 0 Å². The zero-order valence-electron chi connectivity index (χ0n) is 31.5. The normalized spacial score (nSPS) is 14.2. The van der Waals surface area contributed by atoms with Gasteiger partial charge in [-0.15, -0.1) is 0 Å². The molecule has 4 atom stereocenters. The zero-order valence-corrected chi connectivity index (χ0v) is 31.5. The van der Waals surface area contributed by atoms with E-state index in [4.69, 9.17) is 18.9 Å². The molecule has 0 radical (unpaired) electrons. The minimum atomic E-state index is 0.496. The predicted molar refractivity (Wildman–Crippen MR) is 206 cm³/mol. The van der Waals surface area contributed by atoms with Gasteiger partial charge in [0.25, 0.3) is 0 Å². The van der Waals surface area contributed by atoms with Gasteiger partial charge in [-0.25, -0.2) is 0 Å². The molecule has 3 rings (SSSR count). The highest BCUT2D eigenvalue weighted by Gasteiger charge is 2.13. The van der Waals surface area contributed by atoms with E-state index in [0.717, 1.165) is 82.1 Å². The third-order valence-electron chi connectivity index (χ3n) is 9.34. The van der Waals surface area contributed by atoms with Crippen LogP contribution in [-0.2, 0) is 0 Å². The minimum absolute atomic E-state index is 0.496. The first-order valence-corrected chi connectivity index (χ1v) is 18.3. The maximum Gasteiger partial charge on any atom is 0.127 e. The first-order valence-electron chi connectivity index (χ1n) is 18.3. The molecule has 0 unspecified atom stereocenters. The third kappa shape index (κ3) is 12.4. The summed E-state index contributed by atoms with van der Waals surface area (Å²) in [5.74, 6) is 5.65. The SMILES string of the molecule is CC[C@H](C)COc1cc(/C=C/c2ccc(/C=C/c3cc(OC[C@@H](C)CC)c(C)cc3OC[C@@H](C)CC)cc2)c(OC[C@@H](C)CC)cc1C. The van der Waals surface area contributed by atoms with Gasteiger partial charge in [0.2, 0.25) is 0 Å². The van der Waals surface area contributed by atoms with Gasteiger partial charge >= 0.3 is 0 Å². The molecular formula is C44H62O4. The van der Waals surface area contributed by atoms with Crippen LogP contribution in [0, 0.1) is 37.5 Å². The summed E-state index contributed by atoms with van der Waals surface area (Å²) >= 11 is 0. The molecule has 0 aliphatic heterocycles. The average Bonchev–Trinajstić information content (AvgIpc) is 3.10. The minimum Gasteiger partial charge on any atom is -0.493 e. The molecule has 0 fully saturated rings. The molecule has 3 aromatic rings. The summed E-state index contributed by atoms with van der Waals surface area (Å²) in [4.78, 5) is 0. The lowest BCUT2D eigenvalue weighted by molar-refractivity contribution is 0.248. The largest absolute Gasteiger partial charge is 0.493 e. The smallest absolute Gasteiger partial charge is 0.127 e. The molecular weight excluding hydrogens is 592 g/mol. The second-order valence-corrected chi connectivity index (χ2v) is 13.9. The highest BCUT2D eigenvalue weighted by Crippen LogP contribution is 2.33. The highest BCUT2D eigenvalue weighted by atomic mass is 16.5. The van der Waals surface area contributed by atoms with Gasteiger partial charge in [0.1, 0.15) is 23.0 Å². The molecule has 0 aromatic heterocycles. The Balaban J connectivity index is 1.84. The van der Waals surface area contributed by atoms with Gasteiger partial charge < -0.3 is 18.9 Å². The van der Waals surface area contributed by atoms with Crippen molar-refractivity contribution in [2.75, 3.05) is 26.4 Å². The Kier molecular flexibility index (Phi) is 16.2. The number of hydrogen-bond donors (Lipinski definition) is 0. The Hall–Kier alpha value is -3.66. The van der Waals surface area contributed by atoms with Crippen LogP contribution < -0.4 is 18.9 Å². The molecule has 0 aliphatic rings. The van der Waals surface area contributed by atoms with Crippen molar-refractivity contribution in [3.63, 3.8) is 0 Å². The molecule has 0 bridgehead atoms.